The summed E-state index contributed by atoms with van der Waals surface area (Å²) < 4.78 is 28.4. The number of carbonyl (C=O) groups is 1. The lowest BCUT2D eigenvalue weighted by molar-refractivity contribution is -0.0498. The number of benzene rings is 1. The van der Waals surface area contributed by atoms with Gasteiger partial charge in [-0.05, 0) is 50.2 Å². The summed E-state index contributed by atoms with van der Waals surface area (Å²) in [6.45, 7) is -1.04. The maximum atomic E-state index is 12.3. The number of hydrogen-bond acceptors (Lipinski definition) is 3. The molecule has 1 aliphatic heterocycles. The quantitative estimate of drug-likeness (QED) is 0.920. The van der Waals surface area contributed by atoms with Crippen molar-refractivity contribution in [1.82, 2.24) is 10.2 Å². The van der Waals surface area contributed by atoms with Crippen LogP contribution in [0.2, 0.25) is 0 Å². The predicted octanol–water partition coefficient (Wildman–Crippen LogP) is 2.11. The topological polar surface area (TPSA) is 41.6 Å². The lowest BCUT2D eigenvalue weighted by Gasteiger charge is -2.31. The molecule has 0 saturated carbocycles. The van der Waals surface area contributed by atoms with Crippen molar-refractivity contribution in [1.29, 1.82) is 0 Å². The van der Waals surface area contributed by atoms with Crippen LogP contribution in [0.3, 0.4) is 0 Å². The first kappa shape index (κ1) is 14.7. The molecule has 20 heavy (non-hydrogen) atoms. The van der Waals surface area contributed by atoms with E-state index in [1.165, 1.54) is 24.3 Å². The minimum atomic E-state index is -2.85. The van der Waals surface area contributed by atoms with E-state index < -0.39 is 6.61 Å². The fourth-order valence-corrected chi connectivity index (χ4v) is 2.34. The molecule has 0 unspecified atom stereocenters. The van der Waals surface area contributed by atoms with Crippen molar-refractivity contribution in [2.75, 3.05) is 20.1 Å². The summed E-state index contributed by atoms with van der Waals surface area (Å²) in [6.07, 6.45) is 1.85. The monoisotopic (exact) mass is 284 g/mol. The molecule has 2 rings (SSSR count). The number of amides is 1. The molecule has 0 spiro atoms. The van der Waals surface area contributed by atoms with Crippen LogP contribution in [0.15, 0.2) is 24.3 Å². The second kappa shape index (κ2) is 6.65. The summed E-state index contributed by atoms with van der Waals surface area (Å²) in [5, 5.41) is 3.25. The van der Waals surface area contributed by atoms with Gasteiger partial charge in [0, 0.05) is 18.7 Å². The SMILES string of the molecule is CN(C(=O)c1ccc(OC(F)F)cc1)C1CCNCC1. The standard InChI is InChI=1S/C14H18F2N2O2/c1-18(11-6-8-17-9-7-11)13(19)10-2-4-12(5-3-10)20-14(15)16/h2-5,11,14,17H,6-9H2,1H3. The second-order valence-electron chi connectivity index (χ2n) is 4.80. The molecule has 1 saturated heterocycles. The summed E-state index contributed by atoms with van der Waals surface area (Å²) in [5.41, 5.74) is 0.479. The molecule has 0 atom stereocenters. The van der Waals surface area contributed by atoms with Gasteiger partial charge in [-0.1, -0.05) is 0 Å². The molecule has 0 aromatic heterocycles. The third-order valence-electron chi connectivity index (χ3n) is 3.50. The highest BCUT2D eigenvalue weighted by molar-refractivity contribution is 5.94. The molecular weight excluding hydrogens is 266 g/mol. The van der Waals surface area contributed by atoms with Crippen LogP contribution in [0.4, 0.5) is 8.78 Å². The Hall–Kier alpha value is -1.69. The predicted molar refractivity (Wildman–Crippen MR) is 71.1 cm³/mol. The number of hydrogen-bond donors (Lipinski definition) is 1. The fourth-order valence-electron chi connectivity index (χ4n) is 2.34. The van der Waals surface area contributed by atoms with Crippen molar-refractivity contribution in [3.8, 4) is 5.75 Å². The van der Waals surface area contributed by atoms with E-state index in [0.717, 1.165) is 25.9 Å². The van der Waals surface area contributed by atoms with Gasteiger partial charge in [0.2, 0.25) is 0 Å². The van der Waals surface area contributed by atoms with E-state index in [2.05, 4.69) is 10.1 Å². The summed E-state index contributed by atoms with van der Waals surface area (Å²) in [7, 11) is 1.78. The summed E-state index contributed by atoms with van der Waals surface area (Å²) in [6, 6.07) is 6.02. The molecule has 1 aromatic rings. The van der Waals surface area contributed by atoms with Gasteiger partial charge in [-0.25, -0.2) is 0 Å². The van der Waals surface area contributed by atoms with Gasteiger partial charge in [-0.15, -0.1) is 0 Å². The molecule has 0 aliphatic carbocycles. The molecule has 0 radical (unpaired) electrons. The van der Waals surface area contributed by atoms with Gasteiger partial charge in [0.1, 0.15) is 5.75 Å². The highest BCUT2D eigenvalue weighted by atomic mass is 19.3. The van der Waals surface area contributed by atoms with Crippen molar-refractivity contribution < 1.29 is 18.3 Å². The first-order valence-corrected chi connectivity index (χ1v) is 6.60. The fraction of sp³-hybridized carbons (Fsp3) is 0.500. The Morgan fingerprint density at radius 1 is 1.30 bits per heavy atom. The number of alkyl halides is 2. The van der Waals surface area contributed by atoms with Crippen LogP contribution < -0.4 is 10.1 Å². The zero-order valence-electron chi connectivity index (χ0n) is 11.3. The van der Waals surface area contributed by atoms with E-state index in [1.807, 2.05) is 0 Å². The third kappa shape index (κ3) is 3.66. The van der Waals surface area contributed by atoms with Crippen LogP contribution in [-0.2, 0) is 0 Å². The third-order valence-corrected chi connectivity index (χ3v) is 3.50. The number of nitrogens with one attached hydrogen (secondary N) is 1. The van der Waals surface area contributed by atoms with E-state index >= 15 is 0 Å². The van der Waals surface area contributed by atoms with Crippen LogP contribution in [-0.4, -0.2) is 43.6 Å². The molecule has 110 valence electrons. The van der Waals surface area contributed by atoms with E-state index in [0.29, 0.717) is 5.56 Å². The zero-order valence-corrected chi connectivity index (χ0v) is 11.3. The minimum Gasteiger partial charge on any atom is -0.435 e. The maximum Gasteiger partial charge on any atom is 0.387 e. The Labute approximate surface area is 116 Å². The highest BCUT2D eigenvalue weighted by Gasteiger charge is 2.22. The van der Waals surface area contributed by atoms with Crippen molar-refractivity contribution in [2.45, 2.75) is 25.5 Å². The number of piperidine rings is 1. The lowest BCUT2D eigenvalue weighted by Crippen LogP contribution is -2.43. The maximum absolute atomic E-state index is 12.3. The van der Waals surface area contributed by atoms with Gasteiger partial charge in [0.25, 0.3) is 5.91 Å². The Morgan fingerprint density at radius 3 is 2.45 bits per heavy atom. The van der Waals surface area contributed by atoms with Crippen LogP contribution in [0.5, 0.6) is 5.75 Å². The molecule has 4 nitrogen and oxygen atoms in total. The van der Waals surface area contributed by atoms with Gasteiger partial charge in [-0.2, -0.15) is 8.78 Å². The summed E-state index contributed by atoms with van der Waals surface area (Å²) >= 11 is 0. The Morgan fingerprint density at radius 2 is 1.90 bits per heavy atom. The average molecular weight is 284 g/mol. The van der Waals surface area contributed by atoms with E-state index in [4.69, 9.17) is 0 Å². The smallest absolute Gasteiger partial charge is 0.387 e. The van der Waals surface area contributed by atoms with Crippen LogP contribution in [0, 0.1) is 0 Å². The number of nitrogens with zero attached hydrogens (tertiary/aromatic N) is 1. The zero-order chi connectivity index (χ0) is 14.5. The molecule has 1 amide bonds. The average Bonchev–Trinajstić information content (AvgIpc) is 2.47. The van der Waals surface area contributed by atoms with Gasteiger partial charge in [0.05, 0.1) is 0 Å². The largest absolute Gasteiger partial charge is 0.435 e. The van der Waals surface area contributed by atoms with Crippen LogP contribution in [0.1, 0.15) is 23.2 Å². The van der Waals surface area contributed by atoms with Crippen molar-refractivity contribution in [3.05, 3.63) is 29.8 Å². The Kier molecular flexibility index (Phi) is 4.89. The van der Waals surface area contributed by atoms with Gasteiger partial charge in [0.15, 0.2) is 0 Å². The Balaban J connectivity index is 2.00. The van der Waals surface area contributed by atoms with Crippen molar-refractivity contribution >= 4 is 5.91 Å². The molecule has 1 N–H and O–H groups in total. The number of ether oxygens (including phenoxy) is 1. The molecule has 0 bridgehead atoms. The van der Waals surface area contributed by atoms with Crippen molar-refractivity contribution in [3.63, 3.8) is 0 Å². The summed E-state index contributed by atoms with van der Waals surface area (Å²) in [4.78, 5) is 14.0. The highest BCUT2D eigenvalue weighted by Crippen LogP contribution is 2.18. The van der Waals surface area contributed by atoms with E-state index in [9.17, 15) is 13.6 Å². The van der Waals surface area contributed by atoms with Gasteiger partial charge < -0.3 is 15.0 Å². The van der Waals surface area contributed by atoms with Crippen LogP contribution >= 0.6 is 0 Å². The van der Waals surface area contributed by atoms with E-state index in [-0.39, 0.29) is 17.7 Å². The molecule has 1 fully saturated rings. The minimum absolute atomic E-state index is 0.0565. The van der Waals surface area contributed by atoms with Gasteiger partial charge in [-0.3, -0.25) is 4.79 Å². The van der Waals surface area contributed by atoms with Gasteiger partial charge >= 0.3 is 6.61 Å². The molecule has 1 aliphatic rings. The van der Waals surface area contributed by atoms with Crippen molar-refractivity contribution in [2.24, 2.45) is 0 Å². The molecule has 1 aromatic carbocycles. The first-order chi connectivity index (χ1) is 9.58. The second-order valence-corrected chi connectivity index (χ2v) is 4.80. The Bertz CT molecular complexity index is 445. The molecular formula is C14H18F2N2O2. The number of carbonyl (C=O) groups excluding carboxylic acids is 1. The summed E-state index contributed by atoms with van der Waals surface area (Å²) in [5.74, 6) is -0.0402. The molecule has 6 heteroatoms. The lowest BCUT2D eigenvalue weighted by atomic mass is 10.0. The van der Waals surface area contributed by atoms with Crippen LogP contribution in [0.25, 0.3) is 0 Å². The normalized spacial score (nSPS) is 16.2. The molecule has 1 heterocycles. The number of halogens is 2. The first-order valence-electron chi connectivity index (χ1n) is 6.60. The number of rotatable bonds is 4. The van der Waals surface area contributed by atoms with E-state index in [1.54, 1.807) is 11.9 Å².